The minimum Gasteiger partial charge on any atom is -0.457 e. The first kappa shape index (κ1) is 47.6. The van der Waals surface area contributed by atoms with E-state index in [0.717, 1.165) is 54.7 Å². The molecule has 0 aromatic heterocycles. The quantitative estimate of drug-likeness (QED) is 0.0397. The summed E-state index contributed by atoms with van der Waals surface area (Å²) in [5.41, 5.74) is 0.152. The van der Waals surface area contributed by atoms with Crippen LogP contribution in [0.4, 0.5) is 0 Å². The molecule has 0 spiro atoms. The third kappa shape index (κ3) is 13.8. The average Bonchev–Trinajstić information content (AvgIpc) is 3.91. The number of carbonyl (C=O) groups is 2. The van der Waals surface area contributed by atoms with Crippen molar-refractivity contribution < 1.29 is 37.4 Å². The molecule has 0 amide bonds. The Bertz CT molecular complexity index is 1190. The lowest BCUT2D eigenvalue weighted by atomic mass is 9.88. The molecule has 53 heavy (non-hydrogen) atoms. The van der Waals surface area contributed by atoms with E-state index in [0.29, 0.717) is 24.7 Å². The molecule has 2 aliphatic rings. The highest BCUT2D eigenvalue weighted by Gasteiger charge is 2.47. The predicted molar refractivity (Wildman–Crippen MR) is 222 cm³/mol. The standard InChI is InChI=1S/C43H78O8Si2/c1-15-37(51-53(19-5,20-6)21-7)34(11)42-38(48-42)29-31(8)23-22-24-32(9)41-33(10)25-26-39(47-35(12)44)43(13,46-14)28-27-36(30-40(45)49-41)50-52(16-2,17-3)18-4/h22-26,31,33-34,36-39,41-42H,15-21,27-30H2,1-14H3/b23-22+,26-25+,32-24+/t31-,33+,34-,36-,37+,38-,39+,41-,42-,43-/m1/s1. The maximum absolute atomic E-state index is 13.7. The first-order valence-corrected chi connectivity index (χ1v) is 26.1. The van der Waals surface area contributed by atoms with Crippen LogP contribution < -0.4 is 0 Å². The van der Waals surface area contributed by atoms with Crippen LogP contribution in [-0.2, 0) is 37.4 Å². The topological polar surface area (TPSA) is 92.8 Å². The van der Waals surface area contributed by atoms with E-state index < -0.39 is 34.4 Å². The molecular weight excluding hydrogens is 701 g/mol. The number of rotatable bonds is 20. The second-order valence-corrected chi connectivity index (χ2v) is 25.7. The first-order chi connectivity index (χ1) is 25.0. The van der Waals surface area contributed by atoms with Gasteiger partial charge in [-0.15, -0.1) is 0 Å². The fraction of sp³-hybridized carbons (Fsp3) is 0.814. The highest BCUT2D eigenvalue weighted by molar-refractivity contribution is 6.74. The zero-order chi connectivity index (χ0) is 40.0. The maximum Gasteiger partial charge on any atom is 0.308 e. The predicted octanol–water partition coefficient (Wildman–Crippen LogP) is 10.7. The van der Waals surface area contributed by atoms with Crippen LogP contribution in [0.15, 0.2) is 36.0 Å². The van der Waals surface area contributed by atoms with Crippen molar-refractivity contribution in [3.63, 3.8) is 0 Å². The molecule has 2 aliphatic heterocycles. The summed E-state index contributed by atoms with van der Waals surface area (Å²) >= 11 is 0. The van der Waals surface area contributed by atoms with Gasteiger partial charge in [-0.1, -0.05) is 93.5 Å². The molecule has 1 saturated heterocycles. The summed E-state index contributed by atoms with van der Waals surface area (Å²) < 4.78 is 38.2. The molecule has 0 aromatic carbocycles. The fourth-order valence-electron chi connectivity index (χ4n) is 8.12. The van der Waals surface area contributed by atoms with Gasteiger partial charge in [0.25, 0.3) is 0 Å². The van der Waals surface area contributed by atoms with Gasteiger partial charge in [0, 0.05) is 32.0 Å². The van der Waals surface area contributed by atoms with Crippen molar-refractivity contribution in [2.75, 3.05) is 7.11 Å². The summed E-state index contributed by atoms with van der Waals surface area (Å²) in [6.45, 7) is 27.7. The molecule has 2 heterocycles. The Morgan fingerprint density at radius 3 is 2.11 bits per heavy atom. The monoisotopic (exact) mass is 779 g/mol. The molecule has 10 atom stereocenters. The van der Waals surface area contributed by atoms with Crippen LogP contribution in [-0.4, -0.2) is 77.9 Å². The van der Waals surface area contributed by atoms with E-state index in [1.807, 2.05) is 32.9 Å². The Morgan fingerprint density at radius 1 is 0.981 bits per heavy atom. The molecule has 1 fully saturated rings. The number of allylic oxidation sites excluding steroid dienone is 3. The lowest BCUT2D eigenvalue weighted by Crippen LogP contribution is -2.46. The Balaban J connectivity index is 2.26. The smallest absolute Gasteiger partial charge is 0.308 e. The van der Waals surface area contributed by atoms with Crippen LogP contribution in [0, 0.1) is 17.8 Å². The molecular formula is C43H78O8Si2. The molecule has 0 unspecified atom stereocenters. The van der Waals surface area contributed by atoms with Crippen LogP contribution in [0.25, 0.3) is 0 Å². The number of epoxide rings is 1. The summed E-state index contributed by atoms with van der Waals surface area (Å²) in [5.74, 6) is -0.109. The maximum atomic E-state index is 13.7. The number of hydrogen-bond donors (Lipinski definition) is 0. The molecule has 8 nitrogen and oxygen atoms in total. The Hall–Kier alpha value is -1.57. The van der Waals surface area contributed by atoms with E-state index in [9.17, 15) is 9.59 Å². The van der Waals surface area contributed by atoms with Crippen molar-refractivity contribution in [3.05, 3.63) is 36.0 Å². The second kappa shape index (κ2) is 22.2. The minimum absolute atomic E-state index is 0.170. The van der Waals surface area contributed by atoms with E-state index in [4.69, 9.17) is 27.8 Å². The number of carbonyl (C=O) groups excluding carboxylic acids is 2. The van der Waals surface area contributed by atoms with Crippen molar-refractivity contribution in [1.29, 1.82) is 0 Å². The zero-order valence-electron chi connectivity index (χ0n) is 36.1. The Labute approximate surface area is 326 Å². The molecule has 0 aromatic rings. The van der Waals surface area contributed by atoms with Crippen molar-refractivity contribution in [1.82, 2.24) is 0 Å². The molecule has 0 N–H and O–H groups in total. The van der Waals surface area contributed by atoms with E-state index in [1.54, 1.807) is 7.11 Å². The van der Waals surface area contributed by atoms with E-state index in [-0.39, 0.29) is 48.7 Å². The Morgan fingerprint density at radius 2 is 1.58 bits per heavy atom. The largest absolute Gasteiger partial charge is 0.457 e. The van der Waals surface area contributed by atoms with Crippen molar-refractivity contribution >= 4 is 28.6 Å². The lowest BCUT2D eigenvalue weighted by molar-refractivity contribution is -0.160. The fourth-order valence-corrected chi connectivity index (χ4v) is 14.1. The van der Waals surface area contributed by atoms with E-state index >= 15 is 0 Å². The molecule has 10 heteroatoms. The molecule has 0 aliphatic carbocycles. The van der Waals surface area contributed by atoms with Crippen LogP contribution >= 0.6 is 0 Å². The summed E-state index contributed by atoms with van der Waals surface area (Å²) in [5, 5.41) is 0. The van der Waals surface area contributed by atoms with Crippen molar-refractivity contribution in [2.24, 2.45) is 17.8 Å². The zero-order valence-corrected chi connectivity index (χ0v) is 38.1. The first-order valence-electron chi connectivity index (χ1n) is 21.0. The number of ether oxygens (including phenoxy) is 4. The normalized spacial score (nSPS) is 30.2. The van der Waals surface area contributed by atoms with Gasteiger partial charge < -0.3 is 27.8 Å². The third-order valence-electron chi connectivity index (χ3n) is 12.7. The average molecular weight is 779 g/mol. The van der Waals surface area contributed by atoms with Gasteiger partial charge in [-0.3, -0.25) is 9.59 Å². The molecule has 0 saturated carbocycles. The van der Waals surface area contributed by atoms with Crippen LogP contribution in [0.1, 0.15) is 122 Å². The second-order valence-electron chi connectivity index (χ2n) is 16.2. The van der Waals surface area contributed by atoms with Crippen molar-refractivity contribution in [2.45, 2.75) is 201 Å². The Kier molecular flexibility index (Phi) is 20.0. The van der Waals surface area contributed by atoms with Crippen LogP contribution in [0.3, 0.4) is 0 Å². The molecule has 306 valence electrons. The van der Waals surface area contributed by atoms with Gasteiger partial charge >= 0.3 is 11.9 Å². The number of esters is 2. The highest BCUT2D eigenvalue weighted by Crippen LogP contribution is 2.39. The van der Waals surface area contributed by atoms with Gasteiger partial charge in [-0.2, -0.15) is 0 Å². The molecule has 2 rings (SSSR count). The van der Waals surface area contributed by atoms with Gasteiger partial charge in [-0.25, -0.2) is 0 Å². The minimum atomic E-state index is -2.03. The SMILES string of the molecule is CC[C@H](O[Si](CC)(CC)CC)[C@@H](C)[C@H]1O[C@@H]1C[C@H](C)/C=C/C=C(\C)[C@H]1OC(=O)C[C@H](O[Si](CC)(CC)CC)CC[C@@](C)(OC)[C@@H](OC(C)=O)/C=C/[C@@H]1C. The van der Waals surface area contributed by atoms with Crippen molar-refractivity contribution in [3.8, 4) is 0 Å². The van der Waals surface area contributed by atoms with Crippen LogP contribution in [0.2, 0.25) is 36.3 Å². The van der Waals surface area contributed by atoms with Gasteiger partial charge in [0.2, 0.25) is 0 Å². The number of hydrogen-bond acceptors (Lipinski definition) is 8. The summed E-state index contributed by atoms with van der Waals surface area (Å²) in [4.78, 5) is 25.9. The summed E-state index contributed by atoms with van der Waals surface area (Å²) in [6.07, 6.45) is 12.9. The van der Waals surface area contributed by atoms with Gasteiger partial charge in [0.1, 0.15) is 17.8 Å². The van der Waals surface area contributed by atoms with E-state index in [1.165, 1.54) is 6.92 Å². The number of cyclic esters (lactones) is 1. The van der Waals surface area contributed by atoms with Crippen LogP contribution in [0.5, 0.6) is 0 Å². The van der Waals surface area contributed by atoms with Gasteiger partial charge in [0.05, 0.1) is 24.7 Å². The van der Waals surface area contributed by atoms with Gasteiger partial charge in [0.15, 0.2) is 16.6 Å². The van der Waals surface area contributed by atoms with Gasteiger partial charge in [-0.05, 0) is 93.4 Å². The highest BCUT2D eigenvalue weighted by atomic mass is 28.4. The molecule has 0 radical (unpaired) electrons. The molecule has 0 bridgehead atoms. The third-order valence-corrected chi connectivity index (χ3v) is 22.1. The number of methoxy groups -OCH3 is 1. The lowest BCUT2D eigenvalue weighted by Gasteiger charge is -2.38. The summed E-state index contributed by atoms with van der Waals surface area (Å²) in [7, 11) is -2.06. The summed E-state index contributed by atoms with van der Waals surface area (Å²) in [6, 6.07) is 6.44. The van der Waals surface area contributed by atoms with E-state index in [2.05, 4.69) is 80.5 Å².